The van der Waals surface area contributed by atoms with E-state index in [4.69, 9.17) is 0 Å². The molecule has 0 radical (unpaired) electrons. The Morgan fingerprint density at radius 3 is 1.59 bits per heavy atom. The lowest BCUT2D eigenvalue weighted by molar-refractivity contribution is 0.591. The second kappa shape index (κ2) is 11.0. The molecule has 0 spiro atoms. The number of hydrogen-bond donors (Lipinski definition) is 0. The third-order valence-electron chi connectivity index (χ3n) is 6.86. The maximum atomic E-state index is 2.43. The van der Waals surface area contributed by atoms with Gasteiger partial charge in [-0.25, -0.2) is 0 Å². The van der Waals surface area contributed by atoms with Crippen molar-refractivity contribution in [3.63, 3.8) is 0 Å². The average Bonchev–Trinajstić information content (AvgIpc) is 3.27. The van der Waals surface area contributed by atoms with Crippen molar-refractivity contribution in [3.05, 3.63) is 113 Å². The molecule has 0 aliphatic rings. The smallest absolute Gasteiger partial charge is 0.0541 e. The standard InChI is InChI=1S/C34H33N.C2H6/c1-6-30-31-23-28(34(3,4)5)18-19-33(31)35(32(30)7-2)29-21-26(24-14-10-8-11-15-24)20-27(22-29)25-16-12-9-13-17-25;1-2/h6-23H,1-5H3;1-2H3/b30-6-,32-7+;. The minimum Gasteiger partial charge on any atom is -0.310 e. The van der Waals surface area contributed by atoms with Gasteiger partial charge in [-0.3, -0.25) is 0 Å². The van der Waals surface area contributed by atoms with Gasteiger partial charge in [-0.2, -0.15) is 0 Å². The molecular formula is C36H39N. The summed E-state index contributed by atoms with van der Waals surface area (Å²) >= 11 is 0. The summed E-state index contributed by atoms with van der Waals surface area (Å²) in [5.41, 5.74) is 8.77. The van der Waals surface area contributed by atoms with Crippen molar-refractivity contribution in [2.24, 2.45) is 0 Å². The van der Waals surface area contributed by atoms with Crippen LogP contribution in [0.5, 0.6) is 0 Å². The number of aromatic nitrogens is 1. The maximum Gasteiger partial charge on any atom is 0.0541 e. The van der Waals surface area contributed by atoms with Crippen molar-refractivity contribution < 1.29 is 0 Å². The summed E-state index contributed by atoms with van der Waals surface area (Å²) < 4.78 is 2.43. The first-order valence-corrected chi connectivity index (χ1v) is 13.4. The van der Waals surface area contributed by atoms with Gasteiger partial charge in [-0.05, 0) is 77.4 Å². The normalized spacial score (nSPS) is 12.5. The van der Waals surface area contributed by atoms with E-state index in [1.165, 1.54) is 55.0 Å². The maximum absolute atomic E-state index is 2.43. The van der Waals surface area contributed by atoms with Crippen LogP contribution >= 0.6 is 0 Å². The molecule has 1 heterocycles. The van der Waals surface area contributed by atoms with E-state index in [9.17, 15) is 0 Å². The van der Waals surface area contributed by atoms with Gasteiger partial charge in [0.15, 0.2) is 0 Å². The summed E-state index contributed by atoms with van der Waals surface area (Å²) in [7, 11) is 0. The number of rotatable bonds is 3. The summed E-state index contributed by atoms with van der Waals surface area (Å²) in [5, 5.41) is 3.83. The second-order valence-corrected chi connectivity index (χ2v) is 10.2. The summed E-state index contributed by atoms with van der Waals surface area (Å²) in [5.74, 6) is 0. The molecule has 5 rings (SSSR count). The van der Waals surface area contributed by atoms with Gasteiger partial charge < -0.3 is 4.57 Å². The molecule has 1 heteroatoms. The molecule has 1 nitrogen and oxygen atoms in total. The van der Waals surface area contributed by atoms with Crippen molar-refractivity contribution in [1.29, 1.82) is 0 Å². The zero-order chi connectivity index (χ0) is 26.6. The molecule has 0 saturated heterocycles. The third-order valence-corrected chi connectivity index (χ3v) is 6.86. The Morgan fingerprint density at radius 2 is 1.14 bits per heavy atom. The van der Waals surface area contributed by atoms with Gasteiger partial charge in [0.25, 0.3) is 0 Å². The Bertz CT molecular complexity index is 1550. The molecule has 1 aromatic heterocycles. The Hall–Kier alpha value is -3.84. The molecule has 0 atom stereocenters. The summed E-state index contributed by atoms with van der Waals surface area (Å²) in [6, 6.07) is 35.3. The van der Waals surface area contributed by atoms with Crippen LogP contribution in [0.25, 0.3) is 51.0 Å². The summed E-state index contributed by atoms with van der Waals surface area (Å²) in [6.07, 6.45) is 4.49. The lowest BCUT2D eigenvalue weighted by Gasteiger charge is -2.19. The molecule has 188 valence electrons. The van der Waals surface area contributed by atoms with E-state index in [1.54, 1.807) is 0 Å². The number of benzene rings is 4. The Labute approximate surface area is 222 Å². The Kier molecular flexibility index (Phi) is 7.83. The first-order chi connectivity index (χ1) is 17.9. The molecule has 5 aromatic rings. The Balaban J connectivity index is 0.00000156. The Morgan fingerprint density at radius 1 is 0.595 bits per heavy atom. The fourth-order valence-corrected chi connectivity index (χ4v) is 5.00. The highest BCUT2D eigenvalue weighted by Gasteiger charge is 2.17. The predicted molar refractivity (Wildman–Crippen MR) is 164 cm³/mol. The molecule has 0 bridgehead atoms. The van der Waals surface area contributed by atoms with E-state index in [-0.39, 0.29) is 5.41 Å². The fourth-order valence-electron chi connectivity index (χ4n) is 5.00. The number of hydrogen-bond acceptors (Lipinski definition) is 0. The van der Waals surface area contributed by atoms with Crippen molar-refractivity contribution in [1.82, 2.24) is 4.57 Å². The summed E-state index contributed by atoms with van der Waals surface area (Å²) in [4.78, 5) is 0. The van der Waals surface area contributed by atoms with Crippen LogP contribution in [0.2, 0.25) is 0 Å². The topological polar surface area (TPSA) is 4.93 Å². The zero-order valence-corrected chi connectivity index (χ0v) is 23.3. The lowest BCUT2D eigenvalue weighted by atomic mass is 9.86. The molecule has 0 N–H and O–H groups in total. The predicted octanol–water partition coefficient (Wildman–Crippen LogP) is 8.89. The molecule has 4 aromatic carbocycles. The van der Waals surface area contributed by atoms with Crippen molar-refractivity contribution in [2.45, 2.75) is 53.9 Å². The van der Waals surface area contributed by atoms with E-state index in [1.807, 2.05) is 13.8 Å². The molecule has 0 saturated carbocycles. The van der Waals surface area contributed by atoms with Crippen LogP contribution < -0.4 is 10.6 Å². The molecular weight excluding hydrogens is 446 g/mol. The average molecular weight is 486 g/mol. The molecule has 0 aliphatic carbocycles. The van der Waals surface area contributed by atoms with Gasteiger partial charge in [0, 0.05) is 21.6 Å². The molecule has 0 aliphatic heterocycles. The van der Waals surface area contributed by atoms with Crippen molar-refractivity contribution in [3.8, 4) is 27.9 Å². The van der Waals surface area contributed by atoms with Crippen LogP contribution in [0, 0.1) is 0 Å². The van der Waals surface area contributed by atoms with E-state index < -0.39 is 0 Å². The van der Waals surface area contributed by atoms with Gasteiger partial charge in [-0.1, -0.05) is 114 Å². The van der Waals surface area contributed by atoms with Crippen LogP contribution in [-0.2, 0) is 5.41 Å². The molecule has 37 heavy (non-hydrogen) atoms. The SMILES string of the molecule is C/C=c1\c(=C/C)n(-c2cc(-c3ccccc3)cc(-c3ccccc3)c2)c2ccc(C(C)(C)C)cc12.CC. The lowest BCUT2D eigenvalue weighted by Crippen LogP contribution is -2.27. The van der Waals surface area contributed by atoms with Crippen molar-refractivity contribution >= 4 is 23.1 Å². The number of fused-ring (bicyclic) bond motifs is 1. The molecule has 0 fully saturated rings. The van der Waals surface area contributed by atoms with Gasteiger partial charge >= 0.3 is 0 Å². The van der Waals surface area contributed by atoms with E-state index in [0.29, 0.717) is 0 Å². The monoisotopic (exact) mass is 485 g/mol. The number of nitrogens with zero attached hydrogens (tertiary/aromatic N) is 1. The molecule has 0 amide bonds. The van der Waals surface area contributed by atoms with E-state index in [0.717, 1.165) is 0 Å². The second-order valence-electron chi connectivity index (χ2n) is 10.2. The zero-order valence-electron chi connectivity index (χ0n) is 23.3. The highest BCUT2D eigenvalue weighted by molar-refractivity contribution is 5.86. The van der Waals surface area contributed by atoms with Crippen LogP contribution in [0.15, 0.2) is 97.1 Å². The van der Waals surface area contributed by atoms with Crippen LogP contribution in [0.1, 0.15) is 54.0 Å². The highest BCUT2D eigenvalue weighted by Crippen LogP contribution is 2.31. The van der Waals surface area contributed by atoms with Gasteiger partial charge in [0.2, 0.25) is 0 Å². The quantitative estimate of drug-likeness (QED) is 0.240. The third kappa shape index (κ3) is 5.18. The minimum atomic E-state index is 0.102. The van der Waals surface area contributed by atoms with Gasteiger partial charge in [0.05, 0.1) is 5.52 Å². The summed E-state index contributed by atoms with van der Waals surface area (Å²) in [6.45, 7) is 15.1. The minimum absolute atomic E-state index is 0.102. The highest BCUT2D eigenvalue weighted by atomic mass is 15.0. The first kappa shape index (κ1) is 26.2. The van der Waals surface area contributed by atoms with Gasteiger partial charge in [-0.15, -0.1) is 0 Å². The van der Waals surface area contributed by atoms with E-state index >= 15 is 0 Å². The molecule has 0 unspecified atom stereocenters. The van der Waals surface area contributed by atoms with E-state index in [2.05, 4.69) is 148 Å². The van der Waals surface area contributed by atoms with Crippen LogP contribution in [0.4, 0.5) is 0 Å². The fraction of sp³-hybridized carbons (Fsp3) is 0.222. The van der Waals surface area contributed by atoms with Gasteiger partial charge in [0.1, 0.15) is 0 Å². The first-order valence-electron chi connectivity index (χ1n) is 13.4. The largest absolute Gasteiger partial charge is 0.310 e. The van der Waals surface area contributed by atoms with Crippen molar-refractivity contribution in [2.75, 3.05) is 0 Å². The van der Waals surface area contributed by atoms with Crippen LogP contribution in [-0.4, -0.2) is 4.57 Å². The van der Waals surface area contributed by atoms with Crippen LogP contribution in [0.3, 0.4) is 0 Å².